The van der Waals surface area contributed by atoms with Gasteiger partial charge in [0, 0.05) is 19.7 Å². The summed E-state index contributed by atoms with van der Waals surface area (Å²) in [6, 6.07) is 3.52. The number of amidine groups is 1. The molecule has 0 saturated carbocycles. The van der Waals surface area contributed by atoms with Gasteiger partial charge in [-0.3, -0.25) is 14.5 Å². The summed E-state index contributed by atoms with van der Waals surface area (Å²) >= 11 is 0. The van der Waals surface area contributed by atoms with Gasteiger partial charge in [-0.1, -0.05) is 20.1 Å². The van der Waals surface area contributed by atoms with Crippen molar-refractivity contribution in [3.05, 3.63) is 66.1 Å². The van der Waals surface area contributed by atoms with Crippen LogP contribution in [0.15, 0.2) is 65.4 Å². The molecular weight excluding hydrogens is 390 g/mol. The van der Waals surface area contributed by atoms with Crippen LogP contribution in [-0.2, 0) is 14.8 Å². The number of primary amides is 1. The van der Waals surface area contributed by atoms with Crippen molar-refractivity contribution in [3.63, 3.8) is 0 Å². The molecule has 0 fully saturated rings. The highest BCUT2D eigenvalue weighted by molar-refractivity contribution is 7.89. The van der Waals surface area contributed by atoms with E-state index in [1.807, 2.05) is 6.92 Å². The number of aromatic nitrogens is 2. The lowest BCUT2D eigenvalue weighted by Crippen LogP contribution is -2.28. The van der Waals surface area contributed by atoms with Gasteiger partial charge in [-0.25, -0.2) is 8.42 Å². The summed E-state index contributed by atoms with van der Waals surface area (Å²) in [7, 11) is -1.99. The summed E-state index contributed by atoms with van der Waals surface area (Å²) in [4.78, 5) is 15.3. The molecule has 0 aliphatic carbocycles. The van der Waals surface area contributed by atoms with E-state index in [1.165, 1.54) is 7.05 Å². The van der Waals surface area contributed by atoms with Crippen molar-refractivity contribution in [1.82, 2.24) is 14.9 Å². The van der Waals surface area contributed by atoms with E-state index in [2.05, 4.69) is 33.1 Å². The fourth-order valence-electron chi connectivity index (χ4n) is 2.43. The number of aliphatic imine (C=N–C) groups is 1. The Hall–Kier alpha value is -3.07. The lowest BCUT2D eigenvalue weighted by molar-refractivity contribution is -0.117. The zero-order valence-electron chi connectivity index (χ0n) is 17.0. The molecule has 0 aliphatic heterocycles. The standard InChI is InChI=1S/C20H27N5O3S/c1-6-16(13-20(22-4)25-29(5,27)28)15(3)17(9-10-19(21)26)12-14(2)18-8-7-11-23-24-18/h7-8,11-13H,2-3,6,9-10H2,1,4-5H3,(H2,21,26)(H,22,25)/b16-13+,17-12-. The van der Waals surface area contributed by atoms with Gasteiger partial charge in [0.05, 0.1) is 11.9 Å². The third-order valence-electron chi connectivity index (χ3n) is 3.89. The predicted molar refractivity (Wildman–Crippen MR) is 116 cm³/mol. The van der Waals surface area contributed by atoms with Crippen molar-refractivity contribution >= 4 is 27.3 Å². The summed E-state index contributed by atoms with van der Waals surface area (Å²) in [5.74, 6) is -0.252. The highest BCUT2D eigenvalue weighted by atomic mass is 32.2. The molecular formula is C20H27N5O3S. The van der Waals surface area contributed by atoms with Gasteiger partial charge < -0.3 is 5.73 Å². The van der Waals surface area contributed by atoms with Gasteiger partial charge in [0.15, 0.2) is 0 Å². The number of allylic oxidation sites excluding steroid dienone is 5. The first-order chi connectivity index (χ1) is 13.6. The zero-order valence-corrected chi connectivity index (χ0v) is 17.8. The van der Waals surface area contributed by atoms with E-state index in [0.717, 1.165) is 17.4 Å². The summed E-state index contributed by atoms with van der Waals surface area (Å²) in [5, 5.41) is 7.87. The average molecular weight is 418 g/mol. The van der Waals surface area contributed by atoms with E-state index in [0.29, 0.717) is 29.7 Å². The zero-order chi connectivity index (χ0) is 22.0. The van der Waals surface area contributed by atoms with Crippen molar-refractivity contribution in [2.24, 2.45) is 10.7 Å². The van der Waals surface area contributed by atoms with E-state index in [-0.39, 0.29) is 12.3 Å². The van der Waals surface area contributed by atoms with Gasteiger partial charge in [-0.2, -0.15) is 10.2 Å². The number of hydrogen-bond acceptors (Lipinski definition) is 6. The molecule has 9 heteroatoms. The molecule has 0 aliphatic rings. The van der Waals surface area contributed by atoms with Crippen molar-refractivity contribution in [2.75, 3.05) is 13.3 Å². The molecule has 0 saturated heterocycles. The SMILES string of the molecule is C=C(/C(=C\C(=C)c1cccnn1)CCC(N)=O)/C(=C/C(=NC)NS(C)(=O)=O)CC. The van der Waals surface area contributed by atoms with Crippen LogP contribution in [-0.4, -0.2) is 43.7 Å². The van der Waals surface area contributed by atoms with Gasteiger partial charge in [0.2, 0.25) is 15.9 Å². The van der Waals surface area contributed by atoms with Crippen molar-refractivity contribution in [3.8, 4) is 0 Å². The maximum Gasteiger partial charge on any atom is 0.230 e. The third kappa shape index (κ3) is 8.65. The molecule has 0 radical (unpaired) electrons. The van der Waals surface area contributed by atoms with Crippen molar-refractivity contribution < 1.29 is 13.2 Å². The molecule has 156 valence electrons. The highest BCUT2D eigenvalue weighted by Crippen LogP contribution is 2.27. The van der Waals surface area contributed by atoms with Gasteiger partial charge >= 0.3 is 0 Å². The number of carbonyl (C=O) groups is 1. The number of hydrogen-bond donors (Lipinski definition) is 2. The molecule has 1 amide bonds. The second-order valence-corrected chi connectivity index (χ2v) is 8.00. The van der Waals surface area contributed by atoms with Crippen LogP contribution in [0.3, 0.4) is 0 Å². The van der Waals surface area contributed by atoms with E-state index in [4.69, 9.17) is 5.73 Å². The number of nitrogens with one attached hydrogen (secondary N) is 1. The molecule has 1 rings (SSSR count). The predicted octanol–water partition coefficient (Wildman–Crippen LogP) is 2.15. The topological polar surface area (TPSA) is 127 Å². The van der Waals surface area contributed by atoms with E-state index in [9.17, 15) is 13.2 Å². The Morgan fingerprint density at radius 2 is 1.97 bits per heavy atom. The average Bonchev–Trinajstić information content (AvgIpc) is 2.67. The number of amides is 1. The lowest BCUT2D eigenvalue weighted by atomic mass is 9.91. The highest BCUT2D eigenvalue weighted by Gasteiger charge is 2.13. The molecule has 0 unspecified atom stereocenters. The smallest absolute Gasteiger partial charge is 0.230 e. The molecule has 3 N–H and O–H groups in total. The fraction of sp³-hybridized carbons (Fsp3) is 0.300. The Bertz CT molecular complexity index is 961. The summed E-state index contributed by atoms with van der Waals surface area (Å²) < 4.78 is 25.4. The summed E-state index contributed by atoms with van der Waals surface area (Å²) in [6.07, 6.45) is 7.06. The molecule has 0 aromatic carbocycles. The van der Waals surface area contributed by atoms with Gasteiger partial charge in [-0.15, -0.1) is 0 Å². The van der Waals surface area contributed by atoms with E-state index in [1.54, 1.807) is 30.5 Å². The van der Waals surface area contributed by atoms with Crippen LogP contribution in [0.25, 0.3) is 5.57 Å². The maximum atomic E-state index is 11.5. The molecule has 0 bridgehead atoms. The molecule has 8 nitrogen and oxygen atoms in total. The quantitative estimate of drug-likeness (QED) is 0.342. The second kappa shape index (κ2) is 11.1. The van der Waals surface area contributed by atoms with Crippen LogP contribution in [0.2, 0.25) is 0 Å². The van der Waals surface area contributed by atoms with Crippen molar-refractivity contribution in [2.45, 2.75) is 26.2 Å². The molecule has 1 heterocycles. The van der Waals surface area contributed by atoms with Crippen LogP contribution in [0.1, 0.15) is 31.9 Å². The van der Waals surface area contributed by atoms with Gasteiger partial charge in [0.1, 0.15) is 5.84 Å². The maximum absolute atomic E-state index is 11.5. The molecule has 1 aromatic rings. The second-order valence-electron chi connectivity index (χ2n) is 6.25. The minimum Gasteiger partial charge on any atom is -0.370 e. The number of rotatable bonds is 10. The van der Waals surface area contributed by atoms with Crippen LogP contribution < -0.4 is 10.5 Å². The minimum absolute atomic E-state index is 0.131. The lowest BCUT2D eigenvalue weighted by Gasteiger charge is -2.15. The van der Waals surface area contributed by atoms with Crippen molar-refractivity contribution in [1.29, 1.82) is 0 Å². The van der Waals surface area contributed by atoms with Crippen LogP contribution in [0.4, 0.5) is 0 Å². The van der Waals surface area contributed by atoms with Crippen LogP contribution in [0, 0.1) is 0 Å². The largest absolute Gasteiger partial charge is 0.370 e. The monoisotopic (exact) mass is 417 g/mol. The first-order valence-electron chi connectivity index (χ1n) is 8.88. The Labute approximate surface area is 172 Å². The molecule has 0 atom stereocenters. The normalized spacial score (nSPS) is 13.1. The summed E-state index contributed by atoms with van der Waals surface area (Å²) in [5.41, 5.74) is 8.63. The van der Waals surface area contributed by atoms with Crippen LogP contribution >= 0.6 is 0 Å². The van der Waals surface area contributed by atoms with Gasteiger partial charge in [-0.05, 0) is 59.4 Å². The molecule has 0 spiro atoms. The Morgan fingerprint density at radius 1 is 1.28 bits per heavy atom. The fourth-order valence-corrected chi connectivity index (χ4v) is 2.96. The Balaban J connectivity index is 3.29. The summed E-state index contributed by atoms with van der Waals surface area (Å²) in [6.45, 7) is 10.1. The first kappa shape index (κ1) is 24.0. The minimum atomic E-state index is -3.47. The number of sulfonamides is 1. The molecule has 29 heavy (non-hydrogen) atoms. The first-order valence-corrected chi connectivity index (χ1v) is 10.8. The number of nitrogens with zero attached hydrogens (tertiary/aromatic N) is 3. The number of carbonyl (C=O) groups excluding carboxylic acids is 1. The Morgan fingerprint density at radius 3 is 2.45 bits per heavy atom. The third-order valence-corrected chi connectivity index (χ3v) is 4.47. The van der Waals surface area contributed by atoms with E-state index < -0.39 is 15.9 Å². The van der Waals surface area contributed by atoms with Crippen LogP contribution in [0.5, 0.6) is 0 Å². The van der Waals surface area contributed by atoms with Gasteiger partial charge in [0.25, 0.3) is 0 Å². The van der Waals surface area contributed by atoms with E-state index >= 15 is 0 Å². The molecule has 1 aromatic heterocycles. The number of nitrogens with two attached hydrogens (primary N) is 1. The Kier molecular flexibility index (Phi) is 9.14.